The molecule has 1 aliphatic heterocycles. The van der Waals surface area contributed by atoms with Gasteiger partial charge in [0.1, 0.15) is 5.82 Å². The van der Waals surface area contributed by atoms with Crippen LogP contribution in [0.3, 0.4) is 0 Å². The molecule has 2 aromatic carbocycles. The van der Waals surface area contributed by atoms with Crippen LogP contribution in [0.25, 0.3) is 0 Å². The van der Waals surface area contributed by atoms with Crippen molar-refractivity contribution in [1.29, 1.82) is 0 Å². The highest BCUT2D eigenvalue weighted by molar-refractivity contribution is 5.95. The summed E-state index contributed by atoms with van der Waals surface area (Å²) in [5, 5.41) is 6.65. The van der Waals surface area contributed by atoms with Crippen molar-refractivity contribution in [1.82, 2.24) is 5.32 Å². The fourth-order valence-electron chi connectivity index (χ4n) is 4.15. The van der Waals surface area contributed by atoms with E-state index < -0.39 is 0 Å². The summed E-state index contributed by atoms with van der Waals surface area (Å²) >= 11 is 0. The average Bonchev–Trinajstić information content (AvgIpc) is 3.10. The van der Waals surface area contributed by atoms with Gasteiger partial charge in [0.15, 0.2) is 0 Å². The molecular weight excluding hydrogens is 339 g/mol. The maximum absolute atomic E-state index is 13.3. The van der Waals surface area contributed by atoms with Crippen molar-refractivity contribution in [3.8, 4) is 0 Å². The highest BCUT2D eigenvalue weighted by atomic mass is 19.1. The summed E-state index contributed by atoms with van der Waals surface area (Å²) in [6, 6.07) is 12.8. The first kappa shape index (κ1) is 17.8. The monoisotopic (exact) mass is 364 g/mol. The van der Waals surface area contributed by atoms with E-state index in [2.05, 4.69) is 22.8 Å². The molecule has 0 fully saturated rings. The molecule has 0 radical (unpaired) electrons. The molecule has 2 aliphatic rings. The first-order chi connectivity index (χ1) is 12.8. The van der Waals surface area contributed by atoms with Crippen molar-refractivity contribution < 1.29 is 9.18 Å². The molecule has 140 valence electrons. The van der Waals surface area contributed by atoms with Crippen LogP contribution in [0.4, 0.5) is 10.1 Å². The fourth-order valence-corrected chi connectivity index (χ4v) is 4.15. The maximum atomic E-state index is 13.3. The van der Waals surface area contributed by atoms with Crippen LogP contribution in [0, 0.1) is 11.7 Å². The minimum Gasteiger partial charge on any atom is -0.378 e. The van der Waals surface area contributed by atoms with E-state index in [1.165, 1.54) is 12.1 Å². The summed E-state index contributed by atoms with van der Waals surface area (Å²) in [6.07, 6.45) is 5.43. The zero-order valence-electron chi connectivity index (χ0n) is 15.9. The summed E-state index contributed by atoms with van der Waals surface area (Å²) in [5.41, 5.74) is 3.72. The molecule has 2 aromatic rings. The van der Waals surface area contributed by atoms with Crippen LogP contribution in [-0.2, 0) is 0 Å². The van der Waals surface area contributed by atoms with Crippen LogP contribution in [0.5, 0.6) is 0 Å². The Balaban J connectivity index is 1.67. The second kappa shape index (κ2) is 6.52. The molecule has 4 rings (SSSR count). The first-order valence-corrected chi connectivity index (χ1v) is 9.47. The van der Waals surface area contributed by atoms with E-state index in [-0.39, 0.29) is 29.2 Å². The van der Waals surface area contributed by atoms with Gasteiger partial charge >= 0.3 is 0 Å². The van der Waals surface area contributed by atoms with Crippen molar-refractivity contribution in [3.05, 3.63) is 77.1 Å². The van der Waals surface area contributed by atoms with E-state index in [0.29, 0.717) is 11.5 Å². The summed E-state index contributed by atoms with van der Waals surface area (Å²) in [5.74, 6) is 0.359. The third-order valence-electron chi connectivity index (χ3n) is 5.34. The van der Waals surface area contributed by atoms with E-state index in [4.69, 9.17) is 0 Å². The number of rotatable bonds is 2. The van der Waals surface area contributed by atoms with E-state index >= 15 is 0 Å². The van der Waals surface area contributed by atoms with Gasteiger partial charge in [-0.3, -0.25) is 4.79 Å². The largest absolute Gasteiger partial charge is 0.378 e. The zero-order valence-corrected chi connectivity index (χ0v) is 15.9. The molecule has 1 aliphatic carbocycles. The van der Waals surface area contributed by atoms with Gasteiger partial charge in [-0.1, -0.05) is 24.3 Å². The Kier molecular flexibility index (Phi) is 4.29. The molecule has 0 spiro atoms. The molecule has 4 heteroatoms. The lowest BCUT2D eigenvalue weighted by molar-refractivity contribution is 0.0919. The number of hydrogen-bond donors (Lipinski definition) is 2. The van der Waals surface area contributed by atoms with Gasteiger partial charge in [-0.15, -0.1) is 0 Å². The number of benzene rings is 2. The predicted octanol–water partition coefficient (Wildman–Crippen LogP) is 5.18. The lowest BCUT2D eigenvalue weighted by Gasteiger charge is -2.37. The Morgan fingerprint density at radius 2 is 1.89 bits per heavy atom. The van der Waals surface area contributed by atoms with Gasteiger partial charge in [0.05, 0.1) is 6.04 Å². The Hall–Kier alpha value is -2.62. The van der Waals surface area contributed by atoms with E-state index in [0.717, 1.165) is 23.2 Å². The molecule has 0 bridgehead atoms. The van der Waals surface area contributed by atoms with Crippen LogP contribution < -0.4 is 10.6 Å². The van der Waals surface area contributed by atoms with E-state index in [1.807, 2.05) is 51.1 Å². The zero-order chi connectivity index (χ0) is 19.2. The van der Waals surface area contributed by atoms with Crippen LogP contribution >= 0.6 is 0 Å². The number of allylic oxidation sites excluding steroid dienone is 2. The topological polar surface area (TPSA) is 41.1 Å². The molecule has 2 N–H and O–H groups in total. The van der Waals surface area contributed by atoms with Gasteiger partial charge in [0, 0.05) is 22.7 Å². The van der Waals surface area contributed by atoms with Gasteiger partial charge in [-0.05, 0) is 74.6 Å². The fraction of sp³-hybridized carbons (Fsp3) is 0.348. The minimum absolute atomic E-state index is 0.0514. The summed E-state index contributed by atoms with van der Waals surface area (Å²) in [6.45, 7) is 5.94. The molecule has 0 saturated carbocycles. The molecule has 3 nitrogen and oxygen atoms in total. The van der Waals surface area contributed by atoms with Crippen molar-refractivity contribution in [3.63, 3.8) is 0 Å². The van der Waals surface area contributed by atoms with Crippen molar-refractivity contribution in [2.45, 2.75) is 44.7 Å². The van der Waals surface area contributed by atoms with Crippen LogP contribution in [0.15, 0.2) is 54.6 Å². The number of fused-ring (bicyclic) bond motifs is 3. The summed E-state index contributed by atoms with van der Waals surface area (Å²) in [4.78, 5) is 12.6. The highest BCUT2D eigenvalue weighted by Gasteiger charge is 2.38. The molecule has 3 atom stereocenters. The lowest BCUT2D eigenvalue weighted by atomic mass is 9.76. The summed E-state index contributed by atoms with van der Waals surface area (Å²) in [7, 11) is 0. The molecule has 1 heterocycles. The second-order valence-corrected chi connectivity index (χ2v) is 8.53. The smallest absolute Gasteiger partial charge is 0.251 e. The Labute approximate surface area is 159 Å². The van der Waals surface area contributed by atoms with E-state index in [9.17, 15) is 9.18 Å². The Morgan fingerprint density at radius 1 is 1.15 bits per heavy atom. The number of hydrogen-bond acceptors (Lipinski definition) is 2. The second-order valence-electron chi connectivity index (χ2n) is 8.53. The molecule has 27 heavy (non-hydrogen) atoms. The Bertz CT molecular complexity index is 896. The molecule has 1 amide bonds. The number of carbonyl (C=O) groups is 1. The average molecular weight is 364 g/mol. The summed E-state index contributed by atoms with van der Waals surface area (Å²) < 4.78 is 13.3. The van der Waals surface area contributed by atoms with E-state index in [1.54, 1.807) is 0 Å². The normalized spacial score (nSPS) is 23.3. The quantitative estimate of drug-likeness (QED) is 0.721. The molecular formula is C23H25FN2O. The van der Waals surface area contributed by atoms with Crippen molar-refractivity contribution >= 4 is 11.6 Å². The first-order valence-electron chi connectivity index (χ1n) is 9.47. The number of amides is 1. The predicted molar refractivity (Wildman–Crippen MR) is 106 cm³/mol. The molecule has 0 saturated heterocycles. The standard InChI is InChI=1S/C23H25FN2O/c1-23(2,3)26-22(27)15-9-12-20-19(13-15)17-5-4-6-18(17)21(25-20)14-7-10-16(24)11-8-14/h4-5,7-13,17-18,21,25H,6H2,1-3H3,(H,26,27). The number of nitrogens with one attached hydrogen (secondary N) is 2. The van der Waals surface area contributed by atoms with Gasteiger partial charge in [-0.2, -0.15) is 0 Å². The van der Waals surface area contributed by atoms with Gasteiger partial charge in [-0.25, -0.2) is 4.39 Å². The SMILES string of the molecule is CC(C)(C)NC(=O)c1ccc2c(c1)C1C=CCC1C(c1ccc(F)cc1)N2. The van der Waals surface area contributed by atoms with Gasteiger partial charge in [0.2, 0.25) is 0 Å². The molecule has 0 aromatic heterocycles. The van der Waals surface area contributed by atoms with Crippen LogP contribution in [-0.4, -0.2) is 11.4 Å². The number of halogens is 1. The third-order valence-corrected chi connectivity index (χ3v) is 5.34. The maximum Gasteiger partial charge on any atom is 0.251 e. The van der Waals surface area contributed by atoms with Gasteiger partial charge in [0.25, 0.3) is 5.91 Å². The highest BCUT2D eigenvalue weighted by Crippen LogP contribution is 2.49. The number of carbonyl (C=O) groups excluding carboxylic acids is 1. The number of anilines is 1. The van der Waals surface area contributed by atoms with Crippen LogP contribution in [0.2, 0.25) is 0 Å². The lowest BCUT2D eigenvalue weighted by Crippen LogP contribution is -2.40. The van der Waals surface area contributed by atoms with Crippen molar-refractivity contribution in [2.24, 2.45) is 5.92 Å². The van der Waals surface area contributed by atoms with Crippen molar-refractivity contribution in [2.75, 3.05) is 5.32 Å². The Morgan fingerprint density at radius 3 is 2.59 bits per heavy atom. The minimum atomic E-state index is -0.269. The molecule has 3 unspecified atom stereocenters. The third kappa shape index (κ3) is 3.48. The van der Waals surface area contributed by atoms with Crippen LogP contribution in [0.1, 0.15) is 60.6 Å². The van der Waals surface area contributed by atoms with Gasteiger partial charge < -0.3 is 10.6 Å².